The molecule has 0 radical (unpaired) electrons. The molecule has 0 saturated carbocycles. The number of rotatable bonds is 5. The van der Waals surface area contributed by atoms with Crippen LogP contribution in [-0.2, 0) is 0 Å². The van der Waals surface area contributed by atoms with Crippen LogP contribution in [0.3, 0.4) is 0 Å². The molecule has 2 aromatic carbocycles. The van der Waals surface area contributed by atoms with Crippen molar-refractivity contribution in [3.8, 4) is 11.7 Å². The third kappa shape index (κ3) is 4.45. The van der Waals surface area contributed by atoms with E-state index in [0.717, 1.165) is 4.57 Å². The molecule has 2 heterocycles. The summed E-state index contributed by atoms with van der Waals surface area (Å²) in [6.45, 7) is 0. The quantitative estimate of drug-likeness (QED) is 0.303. The Balaban J connectivity index is 1.82. The van der Waals surface area contributed by atoms with Crippen LogP contribution >= 0.6 is 23.4 Å². The fraction of sp³-hybridized carbons (Fsp3) is 0.0455. The first-order valence-corrected chi connectivity index (χ1v) is 10.3. The number of thioether (sulfide) groups is 1. The predicted octanol–water partition coefficient (Wildman–Crippen LogP) is 5.81. The van der Waals surface area contributed by atoms with Crippen molar-refractivity contribution in [2.75, 3.05) is 0 Å². The number of hydrogen-bond donors (Lipinski definition) is 1. The largest absolute Gasteiger partial charge is 0.494 e. The summed E-state index contributed by atoms with van der Waals surface area (Å²) < 4.78 is 26.0. The molecule has 0 amide bonds. The Labute approximate surface area is 184 Å². The highest BCUT2D eigenvalue weighted by atomic mass is 35.5. The standard InChI is InChI=1S/C22H14ClF2N3O2S/c23-13-5-10-19(27-11-13)28-20(29)17-4-2-1-3-16(17)18(21(28)30)12-26-14-6-8-15(9-7-14)31-22(24)25/h1-12,22,30H. The number of benzene rings is 2. The summed E-state index contributed by atoms with van der Waals surface area (Å²) in [6, 6.07) is 16.2. The van der Waals surface area contributed by atoms with Gasteiger partial charge < -0.3 is 5.11 Å². The molecule has 0 aliphatic rings. The summed E-state index contributed by atoms with van der Waals surface area (Å²) in [5.74, 6) is -2.62. The van der Waals surface area contributed by atoms with Crippen molar-refractivity contribution in [2.24, 2.45) is 4.99 Å². The molecule has 5 nitrogen and oxygen atoms in total. The van der Waals surface area contributed by atoms with Gasteiger partial charge in [-0.25, -0.2) is 9.55 Å². The molecule has 4 rings (SSSR count). The van der Waals surface area contributed by atoms with Gasteiger partial charge >= 0.3 is 0 Å². The molecule has 0 aliphatic carbocycles. The van der Waals surface area contributed by atoms with Crippen LogP contribution in [-0.4, -0.2) is 26.6 Å². The van der Waals surface area contributed by atoms with Gasteiger partial charge in [-0.15, -0.1) is 0 Å². The van der Waals surface area contributed by atoms with Crippen molar-refractivity contribution in [2.45, 2.75) is 10.7 Å². The molecule has 0 saturated heterocycles. The van der Waals surface area contributed by atoms with Crippen LogP contribution in [0.4, 0.5) is 14.5 Å². The lowest BCUT2D eigenvalue weighted by Crippen LogP contribution is -2.21. The lowest BCUT2D eigenvalue weighted by Gasteiger charge is -2.13. The Kier molecular flexibility index (Phi) is 6.01. The lowest BCUT2D eigenvalue weighted by molar-refractivity contribution is 0.252. The van der Waals surface area contributed by atoms with E-state index < -0.39 is 11.3 Å². The van der Waals surface area contributed by atoms with Crippen LogP contribution in [0, 0.1) is 0 Å². The van der Waals surface area contributed by atoms with E-state index in [9.17, 15) is 18.7 Å². The molecular formula is C22H14ClF2N3O2S. The maximum Gasteiger partial charge on any atom is 0.288 e. The average Bonchev–Trinajstić information content (AvgIpc) is 2.76. The van der Waals surface area contributed by atoms with E-state index in [1.165, 1.54) is 18.5 Å². The highest BCUT2D eigenvalue weighted by molar-refractivity contribution is 7.99. The molecule has 0 aliphatic heterocycles. The molecule has 0 spiro atoms. The summed E-state index contributed by atoms with van der Waals surface area (Å²) in [5, 5.41) is 12.2. The minimum Gasteiger partial charge on any atom is -0.494 e. The van der Waals surface area contributed by atoms with Gasteiger partial charge in [0.2, 0.25) is 5.88 Å². The smallest absolute Gasteiger partial charge is 0.288 e. The molecular weight excluding hydrogens is 444 g/mol. The Hall–Kier alpha value is -3.23. The molecule has 0 atom stereocenters. The summed E-state index contributed by atoms with van der Waals surface area (Å²) in [4.78, 5) is 21.9. The second-order valence-corrected chi connectivity index (χ2v) is 7.89. The second kappa shape index (κ2) is 8.87. The van der Waals surface area contributed by atoms with Gasteiger partial charge in [-0.3, -0.25) is 9.79 Å². The second-order valence-electron chi connectivity index (χ2n) is 6.39. The predicted molar refractivity (Wildman–Crippen MR) is 120 cm³/mol. The SMILES string of the molecule is O=c1c2ccccc2c(C=Nc2ccc(SC(F)F)cc2)c(O)n1-c1ccc(Cl)cn1. The van der Waals surface area contributed by atoms with Crippen molar-refractivity contribution >= 4 is 46.0 Å². The summed E-state index contributed by atoms with van der Waals surface area (Å²) >= 11 is 6.33. The molecule has 156 valence electrons. The topological polar surface area (TPSA) is 67.5 Å². The van der Waals surface area contributed by atoms with E-state index in [2.05, 4.69) is 9.98 Å². The van der Waals surface area contributed by atoms with Gasteiger partial charge in [0.05, 0.1) is 16.3 Å². The van der Waals surface area contributed by atoms with Gasteiger partial charge in [-0.05, 0) is 42.5 Å². The fourth-order valence-corrected chi connectivity index (χ4v) is 3.67. The maximum atomic E-state index is 13.0. The third-order valence-electron chi connectivity index (χ3n) is 4.45. The highest BCUT2D eigenvalue weighted by Crippen LogP contribution is 2.28. The minimum atomic E-state index is -2.50. The van der Waals surface area contributed by atoms with Gasteiger partial charge in [0.25, 0.3) is 11.3 Å². The Bertz CT molecular complexity index is 1320. The summed E-state index contributed by atoms with van der Waals surface area (Å²) in [7, 11) is 0. The van der Waals surface area contributed by atoms with E-state index in [0.29, 0.717) is 43.7 Å². The Morgan fingerprint density at radius 2 is 1.77 bits per heavy atom. The van der Waals surface area contributed by atoms with E-state index >= 15 is 0 Å². The molecule has 2 aromatic heterocycles. The van der Waals surface area contributed by atoms with Gasteiger partial charge in [-0.2, -0.15) is 8.78 Å². The number of fused-ring (bicyclic) bond motifs is 1. The molecule has 1 N–H and O–H groups in total. The van der Waals surface area contributed by atoms with E-state index in [1.807, 2.05) is 0 Å². The van der Waals surface area contributed by atoms with Crippen molar-refractivity contribution < 1.29 is 13.9 Å². The van der Waals surface area contributed by atoms with Crippen molar-refractivity contribution in [3.63, 3.8) is 0 Å². The fourth-order valence-electron chi connectivity index (χ4n) is 3.05. The zero-order valence-electron chi connectivity index (χ0n) is 15.7. The minimum absolute atomic E-state index is 0.209. The lowest BCUT2D eigenvalue weighted by atomic mass is 10.1. The van der Waals surface area contributed by atoms with E-state index in [-0.39, 0.29) is 11.7 Å². The van der Waals surface area contributed by atoms with Crippen LogP contribution in [0.2, 0.25) is 5.02 Å². The number of nitrogens with zero attached hydrogens (tertiary/aromatic N) is 3. The molecule has 0 fully saturated rings. The van der Waals surface area contributed by atoms with Crippen molar-refractivity contribution in [3.05, 3.63) is 87.8 Å². The van der Waals surface area contributed by atoms with Crippen LogP contribution in [0.1, 0.15) is 5.56 Å². The summed E-state index contributed by atoms with van der Waals surface area (Å²) in [6.07, 6.45) is 2.81. The number of halogens is 3. The zero-order chi connectivity index (χ0) is 22.0. The Morgan fingerprint density at radius 1 is 1.06 bits per heavy atom. The monoisotopic (exact) mass is 457 g/mol. The van der Waals surface area contributed by atoms with E-state index in [4.69, 9.17) is 11.6 Å². The van der Waals surface area contributed by atoms with Crippen LogP contribution in [0.25, 0.3) is 16.6 Å². The number of pyridine rings is 2. The van der Waals surface area contributed by atoms with Gasteiger partial charge in [-0.1, -0.05) is 41.6 Å². The average molecular weight is 458 g/mol. The van der Waals surface area contributed by atoms with Crippen LogP contribution in [0.15, 0.2) is 81.5 Å². The van der Waals surface area contributed by atoms with Gasteiger partial charge in [0.15, 0.2) is 0 Å². The number of aliphatic imine (C=N–C) groups is 1. The zero-order valence-corrected chi connectivity index (χ0v) is 17.3. The van der Waals surface area contributed by atoms with Gasteiger partial charge in [0, 0.05) is 28.1 Å². The van der Waals surface area contributed by atoms with Gasteiger partial charge in [0.1, 0.15) is 5.82 Å². The van der Waals surface area contributed by atoms with Crippen molar-refractivity contribution in [1.29, 1.82) is 0 Å². The molecule has 0 unspecified atom stereocenters. The summed E-state index contributed by atoms with van der Waals surface area (Å²) in [5.41, 5.74) is 0.385. The van der Waals surface area contributed by atoms with Crippen LogP contribution < -0.4 is 5.56 Å². The number of aromatic nitrogens is 2. The van der Waals surface area contributed by atoms with Crippen molar-refractivity contribution in [1.82, 2.24) is 9.55 Å². The van der Waals surface area contributed by atoms with Crippen LogP contribution in [0.5, 0.6) is 5.88 Å². The first-order chi connectivity index (χ1) is 14.9. The molecule has 9 heteroatoms. The highest BCUT2D eigenvalue weighted by Gasteiger charge is 2.17. The molecule has 0 bridgehead atoms. The van der Waals surface area contributed by atoms with E-state index in [1.54, 1.807) is 54.6 Å². The number of alkyl halides is 2. The Morgan fingerprint density at radius 3 is 2.42 bits per heavy atom. The number of hydrogen-bond acceptors (Lipinski definition) is 5. The maximum absolute atomic E-state index is 13.0. The number of aromatic hydroxyl groups is 1. The molecule has 4 aromatic rings. The normalized spacial score (nSPS) is 11.6. The molecule has 31 heavy (non-hydrogen) atoms. The third-order valence-corrected chi connectivity index (χ3v) is 5.40. The first-order valence-electron chi connectivity index (χ1n) is 9.01. The first kappa shape index (κ1) is 21.0.